The van der Waals surface area contributed by atoms with E-state index < -0.39 is 0 Å². The topological polar surface area (TPSA) is 59.3 Å². The number of amides is 1. The zero-order valence-corrected chi connectivity index (χ0v) is 10.7. The van der Waals surface area contributed by atoms with Crippen LogP contribution in [0.2, 0.25) is 0 Å². The number of pyridine rings is 1. The Balaban J connectivity index is 1.50. The zero-order valence-electron chi connectivity index (χ0n) is 10.7. The average Bonchev–Trinajstić information content (AvgIpc) is 2.77. The summed E-state index contributed by atoms with van der Waals surface area (Å²) in [6.45, 7) is 0. The second kappa shape index (κ2) is 3.79. The van der Waals surface area contributed by atoms with Crippen LogP contribution in [0.5, 0.6) is 0 Å². The van der Waals surface area contributed by atoms with Crippen molar-refractivity contribution < 1.29 is 4.79 Å². The van der Waals surface area contributed by atoms with Gasteiger partial charge in [-0.05, 0) is 36.8 Å². The maximum Gasteiger partial charge on any atom is 0.228 e. The Morgan fingerprint density at radius 1 is 1.37 bits per heavy atom. The van der Waals surface area contributed by atoms with Crippen LogP contribution in [0.25, 0.3) is 5.65 Å². The molecule has 2 aliphatic carbocycles. The van der Waals surface area contributed by atoms with Gasteiger partial charge in [0.2, 0.25) is 5.91 Å². The average molecular weight is 256 g/mol. The smallest absolute Gasteiger partial charge is 0.228 e. The van der Waals surface area contributed by atoms with Crippen molar-refractivity contribution in [1.82, 2.24) is 14.6 Å². The summed E-state index contributed by atoms with van der Waals surface area (Å²) >= 11 is 0. The lowest BCUT2D eigenvalue weighted by Gasteiger charge is -2.09. The molecule has 2 aromatic heterocycles. The molecule has 2 heterocycles. The zero-order chi connectivity index (χ0) is 12.9. The number of hydrogen-bond donors (Lipinski definition) is 1. The van der Waals surface area contributed by atoms with Crippen LogP contribution in [0.1, 0.15) is 32.1 Å². The molecule has 5 heteroatoms. The number of fused-ring (bicyclic) bond motifs is 1. The number of carbonyl (C=O) groups is 1. The molecule has 5 nitrogen and oxygen atoms in total. The summed E-state index contributed by atoms with van der Waals surface area (Å²) in [7, 11) is 0. The van der Waals surface area contributed by atoms with Gasteiger partial charge in [-0.15, -0.1) is 10.2 Å². The molecular weight excluding hydrogens is 240 g/mol. The van der Waals surface area contributed by atoms with Crippen LogP contribution in [-0.4, -0.2) is 20.5 Å². The molecule has 2 fully saturated rings. The predicted octanol–water partition coefficient (Wildman–Crippen LogP) is 2.25. The van der Waals surface area contributed by atoms with E-state index in [1.807, 2.05) is 22.7 Å². The van der Waals surface area contributed by atoms with Crippen molar-refractivity contribution >= 4 is 17.2 Å². The minimum atomic E-state index is 0.175. The van der Waals surface area contributed by atoms with Gasteiger partial charge in [0.1, 0.15) is 6.33 Å². The second-order valence-corrected chi connectivity index (χ2v) is 5.83. The Labute approximate surface area is 111 Å². The van der Waals surface area contributed by atoms with E-state index in [0.717, 1.165) is 17.8 Å². The Hall–Kier alpha value is -1.91. The summed E-state index contributed by atoms with van der Waals surface area (Å²) in [6, 6.07) is 3.74. The van der Waals surface area contributed by atoms with Gasteiger partial charge < -0.3 is 5.32 Å². The molecule has 0 saturated heterocycles. The van der Waals surface area contributed by atoms with Gasteiger partial charge in [0.15, 0.2) is 5.65 Å². The van der Waals surface area contributed by atoms with E-state index in [9.17, 15) is 4.79 Å². The van der Waals surface area contributed by atoms with Gasteiger partial charge in [0, 0.05) is 12.1 Å². The highest BCUT2D eigenvalue weighted by atomic mass is 16.2. The van der Waals surface area contributed by atoms with E-state index in [2.05, 4.69) is 15.5 Å². The molecule has 98 valence electrons. The first-order chi connectivity index (χ1) is 9.27. The number of aromatic nitrogens is 3. The van der Waals surface area contributed by atoms with Crippen LogP contribution in [-0.2, 0) is 4.79 Å². The van der Waals surface area contributed by atoms with E-state index in [-0.39, 0.29) is 11.8 Å². The minimum absolute atomic E-state index is 0.175. The van der Waals surface area contributed by atoms with Crippen molar-refractivity contribution in [3.63, 3.8) is 0 Å². The first-order valence-electron chi connectivity index (χ1n) is 6.87. The highest BCUT2D eigenvalue weighted by Crippen LogP contribution is 2.63. The van der Waals surface area contributed by atoms with E-state index in [4.69, 9.17) is 0 Å². The lowest BCUT2D eigenvalue weighted by molar-refractivity contribution is -0.118. The number of rotatable bonds is 2. The molecule has 1 spiro atoms. The normalized spacial score (nSPS) is 23.9. The van der Waals surface area contributed by atoms with Gasteiger partial charge in [-0.3, -0.25) is 9.20 Å². The Kier molecular flexibility index (Phi) is 2.19. The van der Waals surface area contributed by atoms with Gasteiger partial charge in [0.25, 0.3) is 0 Å². The molecule has 0 bridgehead atoms. The van der Waals surface area contributed by atoms with Crippen molar-refractivity contribution in [2.75, 3.05) is 5.32 Å². The van der Waals surface area contributed by atoms with Gasteiger partial charge in [0.05, 0.1) is 5.69 Å². The van der Waals surface area contributed by atoms with E-state index in [0.29, 0.717) is 5.41 Å². The maximum absolute atomic E-state index is 12.3. The molecule has 0 radical (unpaired) electrons. The van der Waals surface area contributed by atoms with E-state index in [1.165, 1.54) is 25.7 Å². The van der Waals surface area contributed by atoms with Crippen LogP contribution >= 0.6 is 0 Å². The monoisotopic (exact) mass is 256 g/mol. The fraction of sp³-hybridized carbons (Fsp3) is 0.500. The highest BCUT2D eigenvalue weighted by Gasteiger charge is 2.58. The van der Waals surface area contributed by atoms with Crippen LogP contribution in [0.4, 0.5) is 5.69 Å². The number of anilines is 1. The first-order valence-corrected chi connectivity index (χ1v) is 6.87. The molecule has 2 aliphatic rings. The molecule has 0 aliphatic heterocycles. The van der Waals surface area contributed by atoms with Crippen LogP contribution < -0.4 is 5.32 Å². The fourth-order valence-corrected chi connectivity index (χ4v) is 3.48. The third-order valence-electron chi connectivity index (χ3n) is 4.66. The minimum Gasteiger partial charge on any atom is -0.325 e. The van der Waals surface area contributed by atoms with Crippen molar-refractivity contribution in [2.24, 2.45) is 11.3 Å². The van der Waals surface area contributed by atoms with E-state index in [1.54, 1.807) is 6.33 Å². The van der Waals surface area contributed by atoms with Gasteiger partial charge in [-0.1, -0.05) is 12.8 Å². The molecule has 0 aromatic carbocycles. The first kappa shape index (κ1) is 11.0. The van der Waals surface area contributed by atoms with Crippen LogP contribution in [0, 0.1) is 11.3 Å². The van der Waals surface area contributed by atoms with Crippen molar-refractivity contribution in [1.29, 1.82) is 0 Å². The number of nitrogens with one attached hydrogen (secondary N) is 1. The van der Waals surface area contributed by atoms with Gasteiger partial charge in [-0.2, -0.15) is 0 Å². The van der Waals surface area contributed by atoms with Crippen molar-refractivity contribution in [3.8, 4) is 0 Å². The summed E-state index contributed by atoms with van der Waals surface area (Å²) in [5, 5.41) is 10.8. The Morgan fingerprint density at radius 3 is 3.05 bits per heavy atom. The van der Waals surface area contributed by atoms with Crippen LogP contribution in [0.15, 0.2) is 24.7 Å². The largest absolute Gasteiger partial charge is 0.325 e. The summed E-state index contributed by atoms with van der Waals surface area (Å²) < 4.78 is 1.81. The molecule has 1 N–H and O–H groups in total. The molecule has 19 heavy (non-hydrogen) atoms. The predicted molar refractivity (Wildman–Crippen MR) is 70.6 cm³/mol. The maximum atomic E-state index is 12.3. The Bertz CT molecular complexity index is 642. The SMILES string of the molecule is O=C(Nc1ccc2nncn2c1)C1CC12CCCC2. The number of hydrogen-bond acceptors (Lipinski definition) is 3. The molecule has 1 amide bonds. The highest BCUT2D eigenvalue weighted by molar-refractivity contribution is 5.95. The lowest BCUT2D eigenvalue weighted by Crippen LogP contribution is -2.17. The molecule has 4 rings (SSSR count). The molecule has 1 atom stereocenters. The summed E-state index contributed by atoms with van der Waals surface area (Å²) in [4.78, 5) is 12.3. The standard InChI is InChI=1S/C14H16N4O/c19-13(11-7-14(11)5-1-2-6-14)16-10-3-4-12-17-15-9-18(12)8-10/h3-4,8-9,11H,1-2,5-7H2,(H,16,19). The lowest BCUT2D eigenvalue weighted by atomic mass is 10.0. The summed E-state index contributed by atoms with van der Waals surface area (Å²) in [6.07, 6.45) is 9.61. The molecule has 2 aromatic rings. The van der Waals surface area contributed by atoms with E-state index >= 15 is 0 Å². The Morgan fingerprint density at radius 2 is 2.21 bits per heavy atom. The second-order valence-electron chi connectivity index (χ2n) is 5.83. The number of nitrogens with zero attached hydrogens (tertiary/aromatic N) is 3. The quantitative estimate of drug-likeness (QED) is 0.896. The van der Waals surface area contributed by atoms with Crippen LogP contribution in [0.3, 0.4) is 0 Å². The summed E-state index contributed by atoms with van der Waals surface area (Å²) in [5.74, 6) is 0.404. The molecule has 2 saturated carbocycles. The van der Waals surface area contributed by atoms with Crippen molar-refractivity contribution in [3.05, 3.63) is 24.7 Å². The van der Waals surface area contributed by atoms with Crippen molar-refractivity contribution in [2.45, 2.75) is 32.1 Å². The molecule has 1 unspecified atom stereocenters. The molecular formula is C14H16N4O. The third-order valence-corrected chi connectivity index (χ3v) is 4.66. The van der Waals surface area contributed by atoms with Gasteiger partial charge in [-0.25, -0.2) is 0 Å². The summed E-state index contributed by atoms with van der Waals surface area (Å²) in [5.41, 5.74) is 1.96. The third kappa shape index (κ3) is 1.72. The fourth-order valence-electron chi connectivity index (χ4n) is 3.48. The number of carbonyl (C=O) groups excluding carboxylic acids is 1. The van der Waals surface area contributed by atoms with Gasteiger partial charge >= 0.3 is 0 Å².